The number of hydrogen-bond acceptors (Lipinski definition) is 3. The van der Waals surface area contributed by atoms with Gasteiger partial charge in [-0.05, 0) is 20.8 Å². The quantitative estimate of drug-likeness (QED) is 0.561. The van der Waals surface area contributed by atoms with Crippen LogP contribution in [0.2, 0.25) is 0 Å². The summed E-state index contributed by atoms with van der Waals surface area (Å²) in [7, 11) is 6.16. The van der Waals surface area contributed by atoms with Crippen molar-refractivity contribution >= 4 is 0 Å². The summed E-state index contributed by atoms with van der Waals surface area (Å²) in [5, 5.41) is 17.4. The van der Waals surface area contributed by atoms with E-state index >= 15 is 0 Å². The molecule has 0 bridgehead atoms. The Labute approximate surface area is 87.9 Å². The lowest BCUT2D eigenvalue weighted by atomic mass is 10.0. The molecule has 0 aliphatic carbocycles. The molecule has 0 heterocycles. The first kappa shape index (κ1) is 16.3. The maximum atomic E-state index is 8.97. The van der Waals surface area contributed by atoms with E-state index in [2.05, 4.69) is 21.1 Å². The molecule has 0 radical (unpaired) electrons. The minimum Gasteiger partial charge on any atom is -0.391 e. The van der Waals surface area contributed by atoms with E-state index in [1.807, 2.05) is 0 Å². The fourth-order valence-electron chi connectivity index (χ4n) is 0.300. The number of likely N-dealkylation sites (N-methyl/N-ethyl adjacent to an activating group) is 1. The van der Waals surface area contributed by atoms with Crippen LogP contribution in [0.25, 0.3) is 0 Å². The first-order valence-electron chi connectivity index (χ1n) is 4.90. The summed E-state index contributed by atoms with van der Waals surface area (Å²) >= 11 is 0. The summed E-state index contributed by atoms with van der Waals surface area (Å²) < 4.78 is 0.844. The minimum absolute atomic E-state index is 0.146. The Morgan fingerprint density at radius 3 is 1.57 bits per heavy atom. The molecule has 0 aliphatic heterocycles. The van der Waals surface area contributed by atoms with Crippen molar-refractivity contribution in [1.82, 2.24) is 0 Å². The van der Waals surface area contributed by atoms with E-state index in [0.29, 0.717) is 0 Å². The molecule has 0 fully saturated rings. The van der Waals surface area contributed by atoms with E-state index in [0.717, 1.165) is 11.0 Å². The van der Waals surface area contributed by atoms with E-state index < -0.39 is 5.60 Å². The molecule has 0 saturated heterocycles. The predicted molar refractivity (Wildman–Crippen MR) is 59.9 cm³/mol. The van der Waals surface area contributed by atoms with Crippen molar-refractivity contribution in [2.75, 3.05) is 34.3 Å². The highest BCUT2D eigenvalue weighted by atomic mass is 16.3. The molecular formula is C10H27N2O2+. The molecular weight excluding hydrogens is 180 g/mol. The summed E-state index contributed by atoms with van der Waals surface area (Å²) in [6.45, 7) is 6.28. The van der Waals surface area contributed by atoms with Crippen LogP contribution in [0.5, 0.6) is 0 Å². The third kappa shape index (κ3) is 14.4. The first-order valence-corrected chi connectivity index (χ1v) is 4.90. The van der Waals surface area contributed by atoms with Crippen molar-refractivity contribution in [3.63, 3.8) is 0 Å². The van der Waals surface area contributed by atoms with Gasteiger partial charge in [0.25, 0.3) is 0 Å². The fraction of sp³-hybridized carbons (Fsp3) is 1.00. The van der Waals surface area contributed by atoms with Crippen LogP contribution in [0.3, 0.4) is 0 Å². The van der Waals surface area contributed by atoms with E-state index in [4.69, 9.17) is 15.9 Å². The van der Waals surface area contributed by atoms with Gasteiger partial charge in [-0.25, -0.2) is 0 Å². The number of aliphatic hydroxyl groups is 2. The Morgan fingerprint density at radius 1 is 1.29 bits per heavy atom. The van der Waals surface area contributed by atoms with Crippen LogP contribution in [0.1, 0.15) is 20.8 Å². The third-order valence-electron chi connectivity index (χ3n) is 1.89. The second kappa shape index (κ2) is 6.35. The van der Waals surface area contributed by atoms with E-state index in [1.165, 1.54) is 0 Å². The first-order chi connectivity index (χ1) is 6.00. The Bertz CT molecular complexity index is 134. The molecule has 0 spiro atoms. The lowest BCUT2D eigenvalue weighted by molar-refractivity contribution is -0.870. The number of nitrogens with zero attached hydrogens (tertiary/aromatic N) is 1. The van der Waals surface area contributed by atoms with Gasteiger partial charge in [-0.15, -0.1) is 0 Å². The number of aliphatic hydroxyl groups excluding tert-OH is 1. The molecule has 0 aliphatic rings. The zero-order valence-electron chi connectivity index (χ0n) is 10.4. The molecule has 0 aromatic rings. The molecule has 4 N–H and O–H groups in total. The Morgan fingerprint density at radius 2 is 1.57 bits per heavy atom. The van der Waals surface area contributed by atoms with Gasteiger partial charge in [0.2, 0.25) is 0 Å². The van der Waals surface area contributed by atoms with Crippen molar-refractivity contribution in [2.45, 2.75) is 32.4 Å². The Balaban J connectivity index is 0. The monoisotopic (exact) mass is 207 g/mol. The van der Waals surface area contributed by atoms with Crippen LogP contribution in [-0.4, -0.2) is 60.6 Å². The normalized spacial score (nSPS) is 14.4. The summed E-state index contributed by atoms with van der Waals surface area (Å²) in [6.07, 6.45) is 0. The third-order valence-corrected chi connectivity index (χ3v) is 1.89. The number of hydrogen-bond donors (Lipinski definition) is 3. The van der Waals surface area contributed by atoms with E-state index in [1.54, 1.807) is 20.8 Å². The zero-order chi connectivity index (χ0) is 12.0. The molecule has 1 unspecified atom stereocenters. The van der Waals surface area contributed by atoms with Crippen LogP contribution in [0.4, 0.5) is 0 Å². The molecule has 4 nitrogen and oxygen atoms in total. The summed E-state index contributed by atoms with van der Waals surface area (Å²) in [5.74, 6) is 0. The topological polar surface area (TPSA) is 66.5 Å². The van der Waals surface area contributed by atoms with Crippen LogP contribution in [-0.2, 0) is 0 Å². The van der Waals surface area contributed by atoms with Crippen LogP contribution < -0.4 is 5.73 Å². The van der Waals surface area contributed by atoms with Crippen LogP contribution in [0, 0.1) is 0 Å². The molecule has 0 aromatic heterocycles. The fourth-order valence-corrected chi connectivity index (χ4v) is 0.300. The van der Waals surface area contributed by atoms with Gasteiger partial charge >= 0.3 is 0 Å². The van der Waals surface area contributed by atoms with Crippen molar-refractivity contribution < 1.29 is 14.7 Å². The predicted octanol–water partition coefficient (Wildman–Crippen LogP) is -0.211. The second-order valence-corrected chi connectivity index (χ2v) is 5.18. The van der Waals surface area contributed by atoms with Gasteiger partial charge in [-0.2, -0.15) is 0 Å². The van der Waals surface area contributed by atoms with Gasteiger partial charge in [-0.1, -0.05) is 0 Å². The minimum atomic E-state index is -0.722. The van der Waals surface area contributed by atoms with Crippen molar-refractivity contribution in [1.29, 1.82) is 0 Å². The maximum Gasteiger partial charge on any atom is 0.101 e. The summed E-state index contributed by atoms with van der Waals surface area (Å²) in [6, 6.07) is -0.146. The Kier molecular flexibility index (Phi) is 7.38. The van der Waals surface area contributed by atoms with Gasteiger partial charge < -0.3 is 20.4 Å². The Hall–Kier alpha value is -0.160. The highest BCUT2D eigenvalue weighted by Gasteiger charge is 2.16. The standard InChI is InChI=1S/C5H14NO.C5H13NO/c1-6(2,3)4-5-7;1-4(6)5(2,3)7/h7H,4-5H2,1-3H3;4,7H,6H2,1-3H3/q+1;. The van der Waals surface area contributed by atoms with Gasteiger partial charge in [0.1, 0.15) is 6.54 Å². The van der Waals surface area contributed by atoms with Crippen molar-refractivity contribution in [3.05, 3.63) is 0 Å². The number of nitrogens with two attached hydrogens (primary N) is 1. The maximum absolute atomic E-state index is 8.97. The average molecular weight is 207 g/mol. The average Bonchev–Trinajstić information content (AvgIpc) is 1.82. The van der Waals surface area contributed by atoms with Crippen LogP contribution in [0.15, 0.2) is 0 Å². The number of rotatable bonds is 3. The van der Waals surface area contributed by atoms with E-state index in [-0.39, 0.29) is 12.6 Å². The summed E-state index contributed by atoms with van der Waals surface area (Å²) in [4.78, 5) is 0. The summed E-state index contributed by atoms with van der Waals surface area (Å²) in [5.41, 5.74) is 4.60. The van der Waals surface area contributed by atoms with Crippen molar-refractivity contribution in [3.8, 4) is 0 Å². The molecule has 0 saturated carbocycles. The SMILES string of the molecule is CC(N)C(C)(C)O.C[N+](C)(C)CCO. The van der Waals surface area contributed by atoms with E-state index in [9.17, 15) is 0 Å². The highest BCUT2D eigenvalue weighted by molar-refractivity contribution is 4.74. The molecule has 0 aromatic carbocycles. The second-order valence-electron chi connectivity index (χ2n) is 5.18. The largest absolute Gasteiger partial charge is 0.391 e. The van der Waals surface area contributed by atoms with Gasteiger partial charge in [0.05, 0.1) is 33.4 Å². The molecule has 88 valence electrons. The van der Waals surface area contributed by atoms with Crippen LogP contribution >= 0.6 is 0 Å². The van der Waals surface area contributed by atoms with Gasteiger partial charge in [0, 0.05) is 6.04 Å². The molecule has 1 atom stereocenters. The van der Waals surface area contributed by atoms with Gasteiger partial charge in [-0.3, -0.25) is 0 Å². The molecule has 0 rings (SSSR count). The molecule has 4 heteroatoms. The molecule has 0 amide bonds. The smallest absolute Gasteiger partial charge is 0.101 e. The van der Waals surface area contributed by atoms with Gasteiger partial charge in [0.15, 0.2) is 0 Å². The zero-order valence-corrected chi connectivity index (χ0v) is 10.4. The lowest BCUT2D eigenvalue weighted by Crippen LogP contribution is -2.40. The number of quaternary nitrogens is 1. The highest BCUT2D eigenvalue weighted by Crippen LogP contribution is 2.03. The lowest BCUT2D eigenvalue weighted by Gasteiger charge is -2.21. The van der Waals surface area contributed by atoms with Crippen molar-refractivity contribution in [2.24, 2.45) is 5.73 Å². The molecule has 14 heavy (non-hydrogen) atoms.